The van der Waals surface area contributed by atoms with Crippen molar-refractivity contribution in [2.24, 2.45) is 23.7 Å². The summed E-state index contributed by atoms with van der Waals surface area (Å²) in [6, 6.07) is 0.872. The van der Waals surface area contributed by atoms with Crippen molar-refractivity contribution in [2.45, 2.75) is 148 Å². The number of ether oxygens (including phenoxy) is 2. The highest BCUT2D eigenvalue weighted by Crippen LogP contribution is 2.30. The topological polar surface area (TPSA) is 299 Å². The average Bonchev–Trinajstić information content (AvgIpc) is 3.96. The molecule has 2 aliphatic heterocycles. The van der Waals surface area contributed by atoms with E-state index in [1.807, 2.05) is 19.9 Å². The number of carboxylic acid groups (broad SMARTS) is 3. The summed E-state index contributed by atoms with van der Waals surface area (Å²) in [5, 5.41) is 36.9. The van der Waals surface area contributed by atoms with Gasteiger partial charge in [0.15, 0.2) is 0 Å². The zero-order valence-corrected chi connectivity index (χ0v) is 43.9. The molecule has 406 valence electrons. The van der Waals surface area contributed by atoms with Gasteiger partial charge in [0.05, 0.1) is 36.6 Å². The van der Waals surface area contributed by atoms with Crippen molar-refractivity contribution in [3.05, 3.63) is 48.0 Å². The number of aliphatic carboxylic acids is 3. The molecule has 0 aliphatic carbocycles. The van der Waals surface area contributed by atoms with E-state index in [-0.39, 0.29) is 31.1 Å². The van der Waals surface area contributed by atoms with Crippen molar-refractivity contribution in [3.63, 3.8) is 0 Å². The van der Waals surface area contributed by atoms with Crippen LogP contribution in [-0.2, 0) is 63.8 Å². The van der Waals surface area contributed by atoms with Crippen molar-refractivity contribution in [1.29, 1.82) is 0 Å². The van der Waals surface area contributed by atoms with Crippen LogP contribution in [-0.4, -0.2) is 190 Å². The minimum atomic E-state index is -1.65. The van der Waals surface area contributed by atoms with Crippen LogP contribution in [0.1, 0.15) is 92.6 Å². The summed E-state index contributed by atoms with van der Waals surface area (Å²) in [7, 11) is 5.72. The Bertz CT molecular complexity index is 2140. The second kappa shape index (κ2) is 28.3. The number of methoxy groups -OCH3 is 2. The molecule has 3 rings (SSSR count). The average molecular weight is 1030 g/mol. The van der Waals surface area contributed by atoms with E-state index in [0.29, 0.717) is 30.7 Å². The summed E-state index contributed by atoms with van der Waals surface area (Å²) < 4.78 is 11.9. The van der Waals surface area contributed by atoms with Gasteiger partial charge in [0.1, 0.15) is 30.2 Å². The summed E-state index contributed by atoms with van der Waals surface area (Å²) in [6.07, 6.45) is 0.912. The van der Waals surface area contributed by atoms with Gasteiger partial charge in [-0.2, -0.15) is 0 Å². The number of benzene rings is 1. The Kier molecular flexibility index (Phi) is 23.6. The number of nitrogens with zero attached hydrogens (tertiary/aromatic N) is 4. The second-order valence-electron chi connectivity index (χ2n) is 19.7. The molecular weight excluding hydrogens is 951 g/mol. The number of rotatable bonds is 30. The quantitative estimate of drug-likeness (QED) is 0.0596. The van der Waals surface area contributed by atoms with Crippen LogP contribution in [0.15, 0.2) is 42.5 Å². The van der Waals surface area contributed by atoms with Crippen LogP contribution in [0.2, 0.25) is 0 Å². The first kappa shape index (κ1) is 61.0. The molecule has 0 radical (unpaired) electrons. The lowest BCUT2D eigenvalue weighted by Crippen LogP contribution is -2.62. The first-order valence-corrected chi connectivity index (χ1v) is 24.8. The lowest BCUT2D eigenvalue weighted by molar-refractivity contribution is -0.153. The van der Waals surface area contributed by atoms with Gasteiger partial charge in [-0.05, 0) is 42.6 Å². The van der Waals surface area contributed by atoms with E-state index in [1.54, 1.807) is 70.8 Å². The number of carboxylic acids is 3. The van der Waals surface area contributed by atoms with Crippen molar-refractivity contribution < 1.29 is 72.7 Å². The highest BCUT2D eigenvalue weighted by Gasteiger charge is 2.45. The van der Waals surface area contributed by atoms with Crippen LogP contribution < -0.4 is 16.0 Å². The normalized spacial score (nSPS) is 18.8. The Labute approximate surface area is 427 Å². The zero-order valence-electron chi connectivity index (χ0n) is 43.9. The number of nitrogens with one attached hydrogen (secondary N) is 3. The minimum absolute atomic E-state index is 0.0674. The molecular formula is C51H77N7O15. The first-order valence-electron chi connectivity index (χ1n) is 24.8. The number of carbonyl (C=O) groups is 10. The van der Waals surface area contributed by atoms with Gasteiger partial charge >= 0.3 is 17.9 Å². The molecule has 0 spiro atoms. The molecule has 2 heterocycles. The molecule has 1 aromatic carbocycles. The predicted octanol–water partition coefficient (Wildman–Crippen LogP) is 1.54. The number of amides is 7. The molecule has 1 saturated heterocycles. The third kappa shape index (κ3) is 16.1. The summed E-state index contributed by atoms with van der Waals surface area (Å²) in [6.45, 7) is 12.0. The van der Waals surface area contributed by atoms with Crippen LogP contribution in [0.25, 0.3) is 0 Å². The molecule has 0 aromatic heterocycles. The first-order chi connectivity index (χ1) is 34.3. The highest BCUT2D eigenvalue weighted by molar-refractivity contribution is 6.15. The number of likely N-dealkylation sites (tertiary alicyclic amines) is 1. The van der Waals surface area contributed by atoms with Crippen LogP contribution in [0, 0.1) is 23.7 Å². The molecule has 73 heavy (non-hydrogen) atoms. The van der Waals surface area contributed by atoms with Gasteiger partial charge in [0, 0.05) is 66.4 Å². The lowest BCUT2D eigenvalue weighted by Gasteiger charge is -2.41. The minimum Gasteiger partial charge on any atom is -0.481 e. The van der Waals surface area contributed by atoms with E-state index in [1.165, 1.54) is 26.2 Å². The third-order valence-corrected chi connectivity index (χ3v) is 14.0. The molecule has 1 aromatic rings. The van der Waals surface area contributed by atoms with Crippen LogP contribution in [0.5, 0.6) is 0 Å². The maximum atomic E-state index is 14.7. The van der Waals surface area contributed by atoms with Gasteiger partial charge in [-0.25, -0.2) is 4.79 Å². The smallest absolute Gasteiger partial charge is 0.326 e. The molecule has 0 saturated carbocycles. The summed E-state index contributed by atoms with van der Waals surface area (Å²) in [5.41, 5.74) is 0.732. The van der Waals surface area contributed by atoms with Crippen molar-refractivity contribution in [3.8, 4) is 0 Å². The van der Waals surface area contributed by atoms with E-state index in [2.05, 4.69) is 16.0 Å². The molecule has 7 amide bonds. The van der Waals surface area contributed by atoms with E-state index in [9.17, 15) is 58.2 Å². The summed E-state index contributed by atoms with van der Waals surface area (Å²) in [5.74, 6) is -10.9. The largest absolute Gasteiger partial charge is 0.481 e. The van der Waals surface area contributed by atoms with Gasteiger partial charge in [0.25, 0.3) is 11.8 Å². The third-order valence-electron chi connectivity index (χ3n) is 14.0. The summed E-state index contributed by atoms with van der Waals surface area (Å²) in [4.78, 5) is 138. The van der Waals surface area contributed by atoms with Gasteiger partial charge in [-0.15, -0.1) is 0 Å². The van der Waals surface area contributed by atoms with Crippen LogP contribution >= 0.6 is 0 Å². The Balaban J connectivity index is 1.85. The summed E-state index contributed by atoms with van der Waals surface area (Å²) >= 11 is 0. The fourth-order valence-corrected chi connectivity index (χ4v) is 9.77. The predicted molar refractivity (Wildman–Crippen MR) is 265 cm³/mol. The number of carbonyl (C=O) groups excluding carboxylic acids is 7. The number of hydrogen-bond donors (Lipinski definition) is 6. The Morgan fingerprint density at radius 1 is 0.781 bits per heavy atom. The number of hydrogen-bond acceptors (Lipinski definition) is 13. The molecule has 1 fully saturated rings. The van der Waals surface area contributed by atoms with Crippen molar-refractivity contribution in [2.75, 3.05) is 41.4 Å². The van der Waals surface area contributed by atoms with Gasteiger partial charge < -0.3 is 55.4 Å². The Morgan fingerprint density at radius 3 is 1.89 bits per heavy atom. The maximum absolute atomic E-state index is 14.7. The molecule has 2 unspecified atom stereocenters. The SMILES string of the molecule is CC[C@H](C)[C@@H]([C@@H](CC(=O)N1CCC[C@H]1[C@@H](OC)[C@@H](C)C(=O)N[C@@H](Cc1ccccc1)C(=O)O)OC)N(C)C(=O)[C@H](NC(=O)[C@H](C(C)C)N(C)C(=O)C(CNC(CCC(=O)O)C(=O)O)N1C(=O)C=CC1=O)C(C)C. The standard InChI is InChI=1S/C51H77N7O15/c1-12-30(6)44(37(72-10)26-40(61)57-24-16-19-35(57)45(73-11)31(7)46(64)53-34(51(70)71)25-32-17-14-13-15-18-32)56(9)49(67)42(28(2)3)54-47(65)43(29(4)5)55(8)48(66)36(58-38(59)21-22-39(58)60)27-52-33(50(68)69)20-23-41(62)63/h13-15,17-18,21-22,28-31,33-37,42-45,52H,12,16,19-20,23-27H2,1-11H3,(H,53,64)(H,54,65)(H,62,63)(H,68,69)(H,70,71)/t30-,31+,33?,34-,35-,36?,37+,42+,43-,44-,45-/m0/s1. The van der Waals surface area contributed by atoms with E-state index < -0.39 is 139 Å². The Morgan fingerprint density at radius 2 is 1.38 bits per heavy atom. The van der Waals surface area contributed by atoms with Gasteiger partial charge in [0.2, 0.25) is 29.5 Å². The van der Waals surface area contributed by atoms with E-state index in [4.69, 9.17) is 14.6 Å². The monoisotopic (exact) mass is 1030 g/mol. The molecule has 22 heteroatoms. The molecule has 2 aliphatic rings. The van der Waals surface area contributed by atoms with Gasteiger partial charge in [-0.3, -0.25) is 48.1 Å². The van der Waals surface area contributed by atoms with E-state index in [0.717, 1.165) is 22.6 Å². The molecule has 11 atom stereocenters. The number of likely N-dealkylation sites (N-methyl/N-ethyl adjacent to an activating group) is 2. The number of imide groups is 1. The molecule has 6 N–H and O–H groups in total. The maximum Gasteiger partial charge on any atom is 0.326 e. The molecule has 0 bridgehead atoms. The lowest BCUT2D eigenvalue weighted by atomic mass is 9.89. The van der Waals surface area contributed by atoms with Crippen LogP contribution in [0.3, 0.4) is 0 Å². The fourth-order valence-electron chi connectivity index (χ4n) is 9.77. The van der Waals surface area contributed by atoms with Crippen LogP contribution in [0.4, 0.5) is 0 Å². The van der Waals surface area contributed by atoms with Gasteiger partial charge in [-0.1, -0.05) is 85.2 Å². The zero-order chi connectivity index (χ0) is 55.0. The highest BCUT2D eigenvalue weighted by atomic mass is 16.5. The second-order valence-corrected chi connectivity index (χ2v) is 19.7. The Hall–Kier alpha value is -6.26. The fraction of sp³-hybridized carbons (Fsp3) is 0.647. The van der Waals surface area contributed by atoms with Crippen molar-refractivity contribution >= 4 is 59.3 Å². The molecule has 22 nitrogen and oxygen atoms in total. The van der Waals surface area contributed by atoms with E-state index >= 15 is 0 Å². The van der Waals surface area contributed by atoms with Crippen molar-refractivity contribution in [1.82, 2.24) is 35.6 Å².